The van der Waals surface area contributed by atoms with E-state index in [1.165, 1.54) is 48.7 Å². The molecule has 0 amide bonds. The zero-order valence-corrected chi connectivity index (χ0v) is 12.2. The van der Waals surface area contributed by atoms with Crippen LogP contribution in [-0.4, -0.2) is 9.55 Å². The van der Waals surface area contributed by atoms with Gasteiger partial charge >= 0.3 is 0 Å². The molecule has 1 saturated carbocycles. The zero-order valence-electron chi connectivity index (χ0n) is 12.2. The first-order valence-electron chi connectivity index (χ1n) is 7.95. The van der Waals surface area contributed by atoms with E-state index in [0.29, 0.717) is 5.92 Å². The molecule has 1 aliphatic rings. The fraction of sp³-hybridized carbons (Fsp3) is 0.316. The first kappa shape index (κ1) is 12.6. The SMILES string of the molecule is c1ccc(-n2c(C3CCCCC3)cc3ccccc32)nc1. The minimum Gasteiger partial charge on any atom is -0.298 e. The van der Waals surface area contributed by atoms with Crippen LogP contribution in [0.4, 0.5) is 0 Å². The van der Waals surface area contributed by atoms with Gasteiger partial charge in [-0.15, -0.1) is 0 Å². The van der Waals surface area contributed by atoms with E-state index >= 15 is 0 Å². The number of fused-ring (bicyclic) bond motifs is 1. The standard InChI is InChI=1S/C19H20N2/c1-2-8-15(9-3-1)18-14-16-10-4-5-11-17(16)21(18)19-12-6-7-13-20-19/h4-7,10-15H,1-3,8-9H2. The number of para-hydroxylation sites is 1. The predicted molar refractivity (Wildman–Crippen MR) is 86.9 cm³/mol. The van der Waals surface area contributed by atoms with E-state index in [2.05, 4.69) is 52.0 Å². The molecule has 1 aliphatic carbocycles. The quantitative estimate of drug-likeness (QED) is 0.638. The van der Waals surface area contributed by atoms with Crippen molar-refractivity contribution in [2.75, 3.05) is 0 Å². The lowest BCUT2D eigenvalue weighted by molar-refractivity contribution is 0.433. The molecule has 1 aromatic carbocycles. The van der Waals surface area contributed by atoms with E-state index in [9.17, 15) is 0 Å². The average molecular weight is 276 g/mol. The van der Waals surface area contributed by atoms with Crippen LogP contribution < -0.4 is 0 Å². The summed E-state index contributed by atoms with van der Waals surface area (Å²) < 4.78 is 2.37. The van der Waals surface area contributed by atoms with E-state index in [-0.39, 0.29) is 0 Å². The van der Waals surface area contributed by atoms with Gasteiger partial charge in [-0.3, -0.25) is 4.57 Å². The van der Waals surface area contributed by atoms with E-state index < -0.39 is 0 Å². The molecule has 0 radical (unpaired) electrons. The smallest absolute Gasteiger partial charge is 0.137 e. The van der Waals surface area contributed by atoms with Crippen molar-refractivity contribution in [1.29, 1.82) is 0 Å². The maximum atomic E-state index is 4.59. The number of benzene rings is 1. The van der Waals surface area contributed by atoms with Crippen LogP contribution in [0.5, 0.6) is 0 Å². The minimum absolute atomic E-state index is 0.674. The molecular weight excluding hydrogens is 256 g/mol. The molecule has 0 unspecified atom stereocenters. The Bertz CT molecular complexity index is 737. The van der Waals surface area contributed by atoms with Gasteiger partial charge in [0.15, 0.2) is 0 Å². The monoisotopic (exact) mass is 276 g/mol. The molecule has 0 N–H and O–H groups in total. The Labute approximate surface area is 125 Å². The summed E-state index contributed by atoms with van der Waals surface area (Å²) in [4.78, 5) is 4.59. The third kappa shape index (κ3) is 2.25. The highest BCUT2D eigenvalue weighted by atomic mass is 15.1. The topological polar surface area (TPSA) is 17.8 Å². The summed E-state index contributed by atoms with van der Waals surface area (Å²) in [6, 6.07) is 17.2. The van der Waals surface area contributed by atoms with Crippen molar-refractivity contribution in [2.45, 2.75) is 38.0 Å². The van der Waals surface area contributed by atoms with Gasteiger partial charge in [-0.2, -0.15) is 0 Å². The average Bonchev–Trinajstić information content (AvgIpc) is 2.96. The maximum Gasteiger partial charge on any atom is 0.137 e. The van der Waals surface area contributed by atoms with E-state index in [4.69, 9.17) is 0 Å². The summed E-state index contributed by atoms with van der Waals surface area (Å²) in [7, 11) is 0. The molecule has 0 spiro atoms. The highest BCUT2D eigenvalue weighted by molar-refractivity contribution is 5.83. The lowest BCUT2D eigenvalue weighted by atomic mass is 9.87. The molecule has 106 valence electrons. The number of rotatable bonds is 2. The van der Waals surface area contributed by atoms with Crippen molar-refractivity contribution in [3.05, 3.63) is 60.4 Å². The molecule has 2 aromatic heterocycles. The molecule has 4 rings (SSSR count). The summed E-state index contributed by atoms with van der Waals surface area (Å²) in [6.07, 6.45) is 8.60. The van der Waals surface area contributed by atoms with Crippen molar-refractivity contribution in [1.82, 2.24) is 9.55 Å². The van der Waals surface area contributed by atoms with Gasteiger partial charge in [-0.1, -0.05) is 43.5 Å². The second-order valence-corrected chi connectivity index (χ2v) is 5.99. The van der Waals surface area contributed by atoms with Crippen molar-refractivity contribution in [2.24, 2.45) is 0 Å². The van der Waals surface area contributed by atoms with Gasteiger partial charge < -0.3 is 0 Å². The molecule has 0 aliphatic heterocycles. The Morgan fingerprint density at radius 2 is 1.71 bits per heavy atom. The number of hydrogen-bond acceptors (Lipinski definition) is 1. The van der Waals surface area contributed by atoms with Crippen LogP contribution in [0.1, 0.15) is 43.7 Å². The number of nitrogens with zero attached hydrogens (tertiary/aromatic N) is 2. The number of aromatic nitrogens is 2. The Balaban J connectivity index is 1.92. The summed E-state index contributed by atoms with van der Waals surface area (Å²) in [5.74, 6) is 1.72. The Kier molecular flexibility index (Phi) is 3.23. The van der Waals surface area contributed by atoms with Crippen LogP contribution in [0.3, 0.4) is 0 Å². The van der Waals surface area contributed by atoms with E-state index in [0.717, 1.165) is 5.82 Å². The zero-order chi connectivity index (χ0) is 14.1. The Morgan fingerprint density at radius 3 is 2.52 bits per heavy atom. The van der Waals surface area contributed by atoms with Crippen molar-refractivity contribution >= 4 is 10.9 Å². The first-order valence-corrected chi connectivity index (χ1v) is 7.95. The highest BCUT2D eigenvalue weighted by Gasteiger charge is 2.21. The molecule has 0 bridgehead atoms. The van der Waals surface area contributed by atoms with Crippen LogP contribution in [0.15, 0.2) is 54.7 Å². The molecule has 21 heavy (non-hydrogen) atoms. The maximum absolute atomic E-state index is 4.59. The predicted octanol–water partition coefficient (Wildman–Crippen LogP) is 5.07. The lowest BCUT2D eigenvalue weighted by Crippen LogP contribution is -2.10. The first-order chi connectivity index (χ1) is 10.4. The fourth-order valence-corrected chi connectivity index (χ4v) is 3.62. The molecule has 0 atom stereocenters. The molecular formula is C19H20N2. The second kappa shape index (κ2) is 5.36. The van der Waals surface area contributed by atoms with Crippen LogP contribution in [0.2, 0.25) is 0 Å². The van der Waals surface area contributed by atoms with Gasteiger partial charge in [0.25, 0.3) is 0 Å². The van der Waals surface area contributed by atoms with Crippen LogP contribution in [-0.2, 0) is 0 Å². The normalized spacial score (nSPS) is 16.4. The summed E-state index contributed by atoms with van der Waals surface area (Å²) >= 11 is 0. The minimum atomic E-state index is 0.674. The summed E-state index contributed by atoms with van der Waals surface area (Å²) in [5, 5.41) is 1.32. The van der Waals surface area contributed by atoms with Crippen LogP contribution in [0.25, 0.3) is 16.7 Å². The molecule has 3 aromatic rings. The largest absolute Gasteiger partial charge is 0.298 e. The fourth-order valence-electron chi connectivity index (χ4n) is 3.62. The molecule has 0 saturated heterocycles. The number of hydrogen-bond donors (Lipinski definition) is 0. The van der Waals surface area contributed by atoms with Gasteiger partial charge in [0.1, 0.15) is 5.82 Å². The van der Waals surface area contributed by atoms with Crippen molar-refractivity contribution in [3.8, 4) is 5.82 Å². The molecule has 2 nitrogen and oxygen atoms in total. The Morgan fingerprint density at radius 1 is 0.905 bits per heavy atom. The third-order valence-corrected chi connectivity index (χ3v) is 4.64. The van der Waals surface area contributed by atoms with Crippen molar-refractivity contribution in [3.63, 3.8) is 0 Å². The lowest BCUT2D eigenvalue weighted by Gasteiger charge is -2.23. The van der Waals surface area contributed by atoms with E-state index in [1.807, 2.05) is 12.3 Å². The third-order valence-electron chi connectivity index (χ3n) is 4.64. The van der Waals surface area contributed by atoms with Gasteiger partial charge in [-0.05, 0) is 43.0 Å². The van der Waals surface area contributed by atoms with Crippen molar-refractivity contribution < 1.29 is 0 Å². The van der Waals surface area contributed by atoms with Gasteiger partial charge in [0.2, 0.25) is 0 Å². The van der Waals surface area contributed by atoms with Gasteiger partial charge in [0.05, 0.1) is 5.52 Å². The van der Waals surface area contributed by atoms with Crippen LogP contribution >= 0.6 is 0 Å². The molecule has 1 fully saturated rings. The van der Waals surface area contributed by atoms with E-state index in [1.54, 1.807) is 0 Å². The van der Waals surface area contributed by atoms with Crippen LogP contribution in [0, 0.1) is 0 Å². The second-order valence-electron chi connectivity index (χ2n) is 5.99. The van der Waals surface area contributed by atoms with Gasteiger partial charge in [0, 0.05) is 17.3 Å². The summed E-state index contributed by atoms with van der Waals surface area (Å²) in [6.45, 7) is 0. The summed E-state index contributed by atoms with van der Waals surface area (Å²) in [5.41, 5.74) is 2.71. The Hall–Kier alpha value is -2.09. The number of pyridine rings is 1. The molecule has 2 heteroatoms. The van der Waals surface area contributed by atoms with Gasteiger partial charge in [-0.25, -0.2) is 4.98 Å². The molecule has 2 heterocycles. The highest BCUT2D eigenvalue weighted by Crippen LogP contribution is 2.36.